The second-order valence-electron chi connectivity index (χ2n) is 11.7. The monoisotopic (exact) mass is 487 g/mol. The van der Waals surface area contributed by atoms with Crippen molar-refractivity contribution in [3.05, 3.63) is 65.2 Å². The summed E-state index contributed by atoms with van der Waals surface area (Å²) < 4.78 is 6.61. The average Bonchev–Trinajstić information content (AvgIpc) is 3.63. The highest BCUT2D eigenvalue weighted by molar-refractivity contribution is 5.92. The summed E-state index contributed by atoms with van der Waals surface area (Å²) in [6.45, 7) is 2.14. The first kappa shape index (κ1) is 22.4. The molecule has 2 bridgehead atoms. The van der Waals surface area contributed by atoms with Gasteiger partial charge in [-0.25, -0.2) is 0 Å². The molecule has 5 aliphatic rings. The minimum absolute atomic E-state index is 0.0705. The number of likely N-dealkylation sites (tertiary alicyclic amines) is 1. The molecule has 1 spiro atoms. The number of likely N-dealkylation sites (N-methyl/N-ethyl adjacent to an activating group) is 1. The van der Waals surface area contributed by atoms with Gasteiger partial charge in [0.1, 0.15) is 17.7 Å². The van der Waals surface area contributed by atoms with Crippen LogP contribution in [0, 0.1) is 5.92 Å². The zero-order valence-corrected chi connectivity index (χ0v) is 20.8. The van der Waals surface area contributed by atoms with Gasteiger partial charge in [0.2, 0.25) is 5.91 Å². The number of carbonyl (C=O) groups is 1. The van der Waals surface area contributed by atoms with Gasteiger partial charge in [0.05, 0.1) is 24.5 Å². The number of phenolic OH excluding ortho intramolecular Hbond substituents is 1. The number of aromatic hydroxyl groups is 1. The number of rotatable bonds is 5. The van der Waals surface area contributed by atoms with Crippen LogP contribution in [-0.2, 0) is 16.6 Å². The maximum absolute atomic E-state index is 13.3. The molecule has 188 valence electrons. The normalized spacial score (nSPS) is 35.8. The standard InChI is InChI=1S/C30H34N2O4/c1-31(25(34)12-9-19-5-3-2-4-6-19)22-13-14-30(35)24-17-21-10-11-23(33)27-26(21)29(30,28(22)36-27)15-16-32(24)18-20-7-8-20/h2-6,9-12,20,22,24,28,33,35H,7-8,13-18H2,1H3/p+1/b12-9+/t22-,24-,28+,29?,30-/m1/s1. The van der Waals surface area contributed by atoms with Crippen molar-refractivity contribution in [1.82, 2.24) is 4.90 Å². The summed E-state index contributed by atoms with van der Waals surface area (Å²) in [6.07, 6.45) is 8.69. The van der Waals surface area contributed by atoms with Gasteiger partial charge in [0, 0.05) is 37.4 Å². The highest BCUT2D eigenvalue weighted by Crippen LogP contribution is 2.64. The molecule has 2 unspecified atom stereocenters. The van der Waals surface area contributed by atoms with E-state index >= 15 is 0 Å². The lowest BCUT2D eigenvalue weighted by atomic mass is 9.48. The number of quaternary nitrogens is 1. The third-order valence-electron chi connectivity index (χ3n) is 9.99. The van der Waals surface area contributed by atoms with E-state index in [1.165, 1.54) is 23.3 Å². The van der Waals surface area contributed by atoms with E-state index in [1.54, 1.807) is 17.0 Å². The van der Waals surface area contributed by atoms with Crippen LogP contribution in [0.4, 0.5) is 0 Å². The van der Waals surface area contributed by atoms with Crippen molar-refractivity contribution in [3.8, 4) is 11.5 Å². The first-order valence-electron chi connectivity index (χ1n) is 13.5. The van der Waals surface area contributed by atoms with Gasteiger partial charge >= 0.3 is 0 Å². The van der Waals surface area contributed by atoms with Gasteiger partial charge in [0.25, 0.3) is 0 Å². The number of hydrogen-bond acceptors (Lipinski definition) is 4. The highest BCUT2D eigenvalue weighted by atomic mass is 16.5. The molecule has 3 fully saturated rings. The lowest BCUT2D eigenvalue weighted by molar-refractivity contribution is -0.944. The number of nitrogens with zero attached hydrogens (tertiary/aromatic N) is 1. The Balaban J connectivity index is 1.26. The molecule has 6 heteroatoms. The van der Waals surface area contributed by atoms with Gasteiger partial charge in [-0.15, -0.1) is 0 Å². The smallest absolute Gasteiger partial charge is 0.246 e. The Morgan fingerprint density at radius 2 is 1.97 bits per heavy atom. The minimum Gasteiger partial charge on any atom is -0.504 e. The predicted octanol–water partition coefficient (Wildman–Crippen LogP) is 2.08. The second kappa shape index (κ2) is 7.83. The van der Waals surface area contributed by atoms with Crippen molar-refractivity contribution in [3.63, 3.8) is 0 Å². The van der Waals surface area contributed by atoms with E-state index in [-0.39, 0.29) is 29.8 Å². The molecule has 36 heavy (non-hydrogen) atoms. The Hall–Kier alpha value is -2.83. The molecule has 2 aromatic carbocycles. The number of aliphatic hydroxyl groups is 1. The van der Waals surface area contributed by atoms with Crippen molar-refractivity contribution in [2.24, 2.45) is 5.92 Å². The van der Waals surface area contributed by atoms with Crippen molar-refractivity contribution < 1.29 is 24.6 Å². The van der Waals surface area contributed by atoms with Crippen LogP contribution in [-0.4, -0.2) is 64.9 Å². The summed E-state index contributed by atoms with van der Waals surface area (Å²) in [7, 11) is 1.85. The number of amides is 1. The molecule has 7 rings (SSSR count). The van der Waals surface area contributed by atoms with E-state index < -0.39 is 11.0 Å². The summed E-state index contributed by atoms with van der Waals surface area (Å²) in [5, 5.41) is 23.4. The first-order chi connectivity index (χ1) is 17.4. The molecule has 3 aliphatic carbocycles. The van der Waals surface area contributed by atoms with Gasteiger partial charge < -0.3 is 24.7 Å². The largest absolute Gasteiger partial charge is 0.504 e. The van der Waals surface area contributed by atoms with E-state index in [2.05, 4.69) is 0 Å². The number of benzene rings is 2. The Kier molecular flexibility index (Phi) is 4.87. The molecule has 2 aliphatic heterocycles. The second-order valence-corrected chi connectivity index (χ2v) is 11.7. The van der Waals surface area contributed by atoms with Crippen LogP contribution in [0.5, 0.6) is 11.5 Å². The lowest BCUT2D eigenvalue weighted by Gasteiger charge is -2.62. The fraction of sp³-hybridized carbons (Fsp3) is 0.500. The Morgan fingerprint density at radius 1 is 1.17 bits per heavy atom. The third-order valence-corrected chi connectivity index (χ3v) is 9.99. The Labute approximate surface area is 212 Å². The highest BCUT2D eigenvalue weighted by Gasteiger charge is 2.75. The topological polar surface area (TPSA) is 74.4 Å². The molecular formula is C30H35N2O4+. The summed E-state index contributed by atoms with van der Waals surface area (Å²) in [6, 6.07) is 13.6. The van der Waals surface area contributed by atoms with E-state index in [1.807, 2.05) is 49.5 Å². The fourth-order valence-corrected chi connectivity index (χ4v) is 8.09. The molecule has 2 aromatic rings. The maximum Gasteiger partial charge on any atom is 0.246 e. The first-order valence-corrected chi connectivity index (χ1v) is 13.5. The molecule has 3 N–H and O–H groups in total. The van der Waals surface area contributed by atoms with Crippen LogP contribution in [0.3, 0.4) is 0 Å². The molecule has 2 heterocycles. The molecule has 1 amide bonds. The zero-order chi connectivity index (χ0) is 24.7. The third kappa shape index (κ3) is 3.00. The van der Waals surface area contributed by atoms with Crippen LogP contribution in [0.2, 0.25) is 0 Å². The Bertz CT molecular complexity index is 1240. The Morgan fingerprint density at radius 3 is 2.75 bits per heavy atom. The molecule has 6 nitrogen and oxygen atoms in total. The number of nitrogens with one attached hydrogen (secondary N) is 1. The van der Waals surface area contributed by atoms with Crippen LogP contribution in [0.1, 0.15) is 48.8 Å². The average molecular weight is 488 g/mol. The summed E-state index contributed by atoms with van der Waals surface area (Å²) in [5.41, 5.74) is 1.71. The van der Waals surface area contributed by atoms with Crippen LogP contribution >= 0.6 is 0 Å². The quantitative estimate of drug-likeness (QED) is 0.565. The summed E-state index contributed by atoms with van der Waals surface area (Å²) in [4.78, 5) is 16.6. The molecule has 2 saturated carbocycles. The van der Waals surface area contributed by atoms with Crippen LogP contribution < -0.4 is 9.64 Å². The predicted molar refractivity (Wildman–Crippen MR) is 136 cm³/mol. The van der Waals surface area contributed by atoms with Crippen molar-refractivity contribution in [2.45, 2.75) is 67.7 Å². The zero-order valence-electron chi connectivity index (χ0n) is 20.8. The van der Waals surface area contributed by atoms with Gasteiger partial charge in [-0.05, 0) is 49.0 Å². The molecule has 0 radical (unpaired) electrons. The number of piperidine rings is 1. The molecule has 6 atom stereocenters. The summed E-state index contributed by atoms with van der Waals surface area (Å²) >= 11 is 0. The van der Waals surface area contributed by atoms with Gasteiger partial charge in [0.15, 0.2) is 11.5 Å². The van der Waals surface area contributed by atoms with Crippen LogP contribution in [0.15, 0.2) is 48.5 Å². The lowest BCUT2D eigenvalue weighted by Crippen LogP contribution is -3.21. The SMILES string of the molecule is CN(C(=O)/C=C/c1ccccc1)[C@@H]1CC[C@@]2(O)[C@H]3Cc4ccc(O)c5c4C2(CC[NH+]3CC2CC2)[C@H]1O5. The molecular weight excluding hydrogens is 452 g/mol. The van der Waals surface area contributed by atoms with Gasteiger partial charge in [-0.2, -0.15) is 0 Å². The van der Waals surface area contributed by atoms with E-state index in [9.17, 15) is 15.0 Å². The van der Waals surface area contributed by atoms with Crippen molar-refractivity contribution >= 4 is 12.0 Å². The van der Waals surface area contributed by atoms with Crippen molar-refractivity contribution in [1.29, 1.82) is 0 Å². The number of phenols is 1. The number of carbonyl (C=O) groups excluding carboxylic acids is 1. The maximum atomic E-state index is 13.3. The van der Waals surface area contributed by atoms with Gasteiger partial charge in [-0.1, -0.05) is 36.4 Å². The molecule has 1 saturated heterocycles. The van der Waals surface area contributed by atoms with E-state index in [0.29, 0.717) is 18.6 Å². The number of hydrogen-bond donors (Lipinski definition) is 3. The molecule has 0 aromatic heterocycles. The minimum atomic E-state index is -0.896. The fourth-order valence-electron chi connectivity index (χ4n) is 8.09. The number of ether oxygens (including phenoxy) is 1. The van der Waals surface area contributed by atoms with Gasteiger partial charge in [-0.3, -0.25) is 4.79 Å². The van der Waals surface area contributed by atoms with E-state index in [4.69, 9.17) is 4.74 Å². The van der Waals surface area contributed by atoms with Crippen molar-refractivity contribution in [2.75, 3.05) is 20.1 Å². The van der Waals surface area contributed by atoms with E-state index in [0.717, 1.165) is 43.0 Å². The summed E-state index contributed by atoms with van der Waals surface area (Å²) in [5.74, 6) is 1.40. The van der Waals surface area contributed by atoms with Crippen LogP contribution in [0.25, 0.3) is 6.08 Å².